The molecule has 0 heterocycles. The Morgan fingerprint density at radius 2 is 1.07 bits per heavy atom. The van der Waals surface area contributed by atoms with Gasteiger partial charge in [-0.3, -0.25) is 0 Å². The Morgan fingerprint density at radius 1 is 0.607 bits per heavy atom. The number of ether oxygens (including phenoxy) is 1. The van der Waals surface area contributed by atoms with Crippen LogP contribution in [-0.2, 0) is 45.3 Å². The van der Waals surface area contributed by atoms with E-state index in [1.165, 1.54) is 114 Å². The van der Waals surface area contributed by atoms with Gasteiger partial charge >= 0.3 is 30.2 Å². The first-order valence-corrected chi connectivity index (χ1v) is 26.0. The van der Waals surface area contributed by atoms with Gasteiger partial charge in [-0.2, -0.15) is 19.9 Å². The molecule has 0 saturated heterocycles. The molecule has 0 atom stereocenters. The summed E-state index contributed by atoms with van der Waals surface area (Å²) >= 11 is 1.36. The summed E-state index contributed by atoms with van der Waals surface area (Å²) in [6, 6.07) is 38.7. The molecule has 0 fully saturated rings. The van der Waals surface area contributed by atoms with E-state index in [2.05, 4.69) is 207 Å². The first-order valence-electron chi connectivity index (χ1n) is 21.8. The molecule has 0 aliphatic heterocycles. The van der Waals surface area contributed by atoms with Crippen molar-refractivity contribution in [1.82, 2.24) is 0 Å². The second-order valence-corrected chi connectivity index (χ2v) is 18.6. The predicted octanol–water partition coefficient (Wildman–Crippen LogP) is 17.5. The molecule has 6 rings (SSSR count). The number of halogens is 2. The Balaban J connectivity index is 0.00000106. The molecule has 334 valence electrons. The molecule has 0 saturated carbocycles. The number of hydrogen-bond acceptors (Lipinski definition) is 1. The maximum atomic E-state index is 5.85. The molecule has 5 heteroatoms. The minimum absolute atomic E-state index is 0. The molecule has 0 unspecified atom stereocenters. The van der Waals surface area contributed by atoms with Gasteiger partial charge in [0, 0.05) is 6.61 Å². The van der Waals surface area contributed by atoms with E-state index in [1.807, 2.05) is 0 Å². The molecule has 6 aromatic rings. The van der Waals surface area contributed by atoms with Crippen molar-refractivity contribution in [3.63, 3.8) is 0 Å². The second-order valence-electron chi connectivity index (χ2n) is 18.6. The molecule has 61 heavy (non-hydrogen) atoms. The summed E-state index contributed by atoms with van der Waals surface area (Å²) in [5.41, 5.74) is 12.9. The predicted molar refractivity (Wildman–Crippen MR) is 276 cm³/mol. The van der Waals surface area contributed by atoms with Crippen LogP contribution in [0.4, 0.5) is 0 Å². The quantitative estimate of drug-likeness (QED) is 0.0755. The standard InChI is InChI=1S/C30H41O.C22H25.2C2H5.2ClH.Si.Zr/c1-22-21-24-13-12-15-27(23-16-18-25(19-17-23)29(2,3)4)28(24)26(22)14-10-8-9-11-20-31-30(5,6)7;1-15(2)18-13-17-7-6-8-20(21(17)14-18)16-9-11-19(12-10-16)22(3,4)5;2*1-2;;;;/h12-13,15-19,21H,8-11,14,20H2,1-7H3;6-15H,1-5H3;2*1H2,2H3;2*1H;;/q4*-1;;;;. The molecular formula is C56H78Cl2OSiZr-4. The van der Waals surface area contributed by atoms with Crippen molar-refractivity contribution in [2.24, 2.45) is 0 Å². The maximum absolute atomic E-state index is 5.85. The van der Waals surface area contributed by atoms with E-state index >= 15 is 0 Å². The summed E-state index contributed by atoms with van der Waals surface area (Å²) in [7, 11) is 0. The molecule has 1 nitrogen and oxygen atoms in total. The summed E-state index contributed by atoms with van der Waals surface area (Å²) in [6.07, 6.45) is 6.07. The first-order chi connectivity index (χ1) is 27.9. The fourth-order valence-corrected chi connectivity index (χ4v) is 7.39. The third-order valence-corrected chi connectivity index (χ3v) is 10.7. The Kier molecular flexibility index (Phi) is 26.8. The third kappa shape index (κ3) is 17.7. The Morgan fingerprint density at radius 3 is 1.54 bits per heavy atom. The van der Waals surface area contributed by atoms with E-state index in [4.69, 9.17) is 4.74 Å². The Hall–Kier alpha value is -2.26. The number of benzene rings is 4. The summed E-state index contributed by atoms with van der Waals surface area (Å²) in [6.45, 7) is 40.7. The van der Waals surface area contributed by atoms with E-state index in [1.54, 1.807) is 13.8 Å². The number of aryl methyl sites for hydroxylation is 2. The van der Waals surface area contributed by atoms with Gasteiger partial charge in [-0.15, -0.1) is 99.4 Å². The molecule has 0 amide bonds. The van der Waals surface area contributed by atoms with Crippen molar-refractivity contribution in [3.05, 3.63) is 145 Å². The summed E-state index contributed by atoms with van der Waals surface area (Å²) in [5.74, 6) is 0.573. The average Bonchev–Trinajstić information content (AvgIpc) is 3.80. The van der Waals surface area contributed by atoms with Crippen LogP contribution in [-0.4, -0.2) is 19.1 Å². The topological polar surface area (TPSA) is 9.23 Å². The van der Waals surface area contributed by atoms with Crippen LogP contribution in [0.5, 0.6) is 0 Å². The molecule has 2 radical (unpaired) electrons. The zero-order valence-corrected chi connectivity index (χ0v) is 45.4. The molecule has 0 N–H and O–H groups in total. The third-order valence-electron chi connectivity index (χ3n) is 10.7. The van der Waals surface area contributed by atoms with Crippen LogP contribution < -0.4 is 0 Å². The van der Waals surface area contributed by atoms with Crippen LogP contribution in [0, 0.1) is 20.8 Å². The zero-order valence-electron chi connectivity index (χ0n) is 40.3. The normalized spacial score (nSPS) is 11.1. The van der Waals surface area contributed by atoms with Crippen molar-refractivity contribution in [1.29, 1.82) is 0 Å². The van der Waals surface area contributed by atoms with Gasteiger partial charge < -0.3 is 18.6 Å². The van der Waals surface area contributed by atoms with Crippen molar-refractivity contribution >= 4 is 53.2 Å². The van der Waals surface area contributed by atoms with Gasteiger partial charge in [0.15, 0.2) is 0 Å². The molecular weight excluding hydrogens is 879 g/mol. The number of rotatable bonds is 10. The fourth-order valence-electron chi connectivity index (χ4n) is 7.39. The van der Waals surface area contributed by atoms with Gasteiger partial charge in [0.25, 0.3) is 0 Å². The van der Waals surface area contributed by atoms with Crippen LogP contribution in [0.15, 0.2) is 103 Å². The van der Waals surface area contributed by atoms with Gasteiger partial charge in [0.05, 0.1) is 5.60 Å². The summed E-state index contributed by atoms with van der Waals surface area (Å²) in [4.78, 5) is 0. The number of fused-ring (bicyclic) bond motifs is 2. The van der Waals surface area contributed by atoms with Crippen molar-refractivity contribution in [2.45, 2.75) is 151 Å². The van der Waals surface area contributed by atoms with Crippen LogP contribution in [0.2, 0.25) is 0 Å². The molecule has 6 aromatic carbocycles. The van der Waals surface area contributed by atoms with E-state index in [-0.39, 0.29) is 41.2 Å². The summed E-state index contributed by atoms with van der Waals surface area (Å²) < 4.78 is 5.85. The molecule has 0 aliphatic rings. The van der Waals surface area contributed by atoms with Gasteiger partial charge in [-0.1, -0.05) is 160 Å². The molecule has 0 bridgehead atoms. The zero-order chi connectivity index (χ0) is 44.6. The number of hydrogen-bond donors (Lipinski definition) is 0. The minimum atomic E-state index is -0.0210. The van der Waals surface area contributed by atoms with Gasteiger partial charge in [-0.05, 0) is 66.2 Å². The SMILES string of the molecule is CC(C)c1cc2c(-c3ccc(C(C)(C)C)cc3)cccc2[cH-]1.Cc1[cH-]c2cccc(-c3ccc(C(C)(C)C)cc3)c2c1CCCCCCOC(C)(C)C.Cl.Cl.[CH2-]C.[CH2-]C.[Si]=[Zr]. The van der Waals surface area contributed by atoms with Crippen molar-refractivity contribution < 1.29 is 28.1 Å². The van der Waals surface area contributed by atoms with Gasteiger partial charge in [-0.25, -0.2) is 0 Å². The van der Waals surface area contributed by atoms with E-state index in [0.29, 0.717) is 5.92 Å². The second kappa shape index (κ2) is 27.8. The first kappa shape index (κ1) is 58.7. The Bertz CT molecular complexity index is 2100. The van der Waals surface area contributed by atoms with Crippen LogP contribution in [0.25, 0.3) is 43.8 Å². The van der Waals surface area contributed by atoms with Crippen molar-refractivity contribution in [2.75, 3.05) is 6.61 Å². The molecule has 0 aliphatic carbocycles. The molecule has 0 aromatic heterocycles. The van der Waals surface area contributed by atoms with Crippen LogP contribution in [0.1, 0.15) is 149 Å². The van der Waals surface area contributed by atoms with Crippen molar-refractivity contribution in [3.8, 4) is 22.3 Å². The van der Waals surface area contributed by atoms with E-state index in [9.17, 15) is 0 Å². The average molecular weight is 957 g/mol. The Labute approximate surface area is 403 Å². The monoisotopic (exact) mass is 954 g/mol. The summed E-state index contributed by atoms with van der Waals surface area (Å²) in [5, 5.41) is 5.55. The number of unbranched alkanes of at least 4 members (excludes halogenated alkanes) is 3. The molecule has 0 spiro atoms. The van der Waals surface area contributed by atoms with E-state index in [0.717, 1.165) is 19.4 Å². The van der Waals surface area contributed by atoms with Crippen LogP contribution >= 0.6 is 24.8 Å². The van der Waals surface area contributed by atoms with Gasteiger partial charge in [0.2, 0.25) is 0 Å². The van der Waals surface area contributed by atoms with E-state index < -0.39 is 0 Å². The fraction of sp³-hybridized carbons (Fsp3) is 0.429. The van der Waals surface area contributed by atoms with Gasteiger partial charge in [0.1, 0.15) is 0 Å². The van der Waals surface area contributed by atoms with Crippen LogP contribution in [0.3, 0.4) is 0 Å².